The van der Waals surface area contributed by atoms with Gasteiger partial charge < -0.3 is 0 Å². The van der Waals surface area contributed by atoms with Gasteiger partial charge in [0.25, 0.3) is 0 Å². The van der Waals surface area contributed by atoms with Crippen LogP contribution in [-0.4, -0.2) is 0 Å². The molecule has 0 aliphatic heterocycles. The number of hydrogen-bond donors (Lipinski definition) is 0. The van der Waals surface area contributed by atoms with Crippen molar-refractivity contribution < 1.29 is 0 Å². The fourth-order valence-electron chi connectivity index (χ4n) is 1.69. The predicted molar refractivity (Wildman–Crippen MR) is 70.3 cm³/mol. The van der Waals surface area contributed by atoms with Crippen LogP contribution in [0.3, 0.4) is 0 Å². The van der Waals surface area contributed by atoms with Crippen molar-refractivity contribution in [1.82, 2.24) is 0 Å². The lowest BCUT2D eigenvalue weighted by Crippen LogP contribution is -1.91. The van der Waals surface area contributed by atoms with Crippen LogP contribution in [0.4, 0.5) is 0 Å². The molecule has 2 aromatic rings. The maximum atomic E-state index is 6.27. The molecule has 0 bridgehead atoms. The zero-order chi connectivity index (χ0) is 11.4. The fourth-order valence-corrected chi connectivity index (χ4v) is 2.24. The van der Waals surface area contributed by atoms with E-state index in [1.54, 1.807) is 0 Å². The molecule has 0 amide bonds. The van der Waals surface area contributed by atoms with Crippen molar-refractivity contribution in [1.29, 1.82) is 0 Å². The first-order valence-corrected chi connectivity index (χ1v) is 6.08. The standard InChI is InChI=1S/C14H12Cl2/c15-10-13-8-4-7-12(14(13)16)9-11-5-2-1-3-6-11/h1-8H,9-10H2. The van der Waals surface area contributed by atoms with Crippen molar-refractivity contribution in [2.45, 2.75) is 12.3 Å². The van der Waals surface area contributed by atoms with Gasteiger partial charge in [-0.05, 0) is 23.1 Å². The molecule has 2 aromatic carbocycles. The Hall–Kier alpha value is -0.980. The van der Waals surface area contributed by atoms with Gasteiger partial charge in [0.05, 0.1) is 0 Å². The first-order chi connectivity index (χ1) is 7.81. The highest BCUT2D eigenvalue weighted by atomic mass is 35.5. The Labute approximate surface area is 106 Å². The zero-order valence-electron chi connectivity index (χ0n) is 8.79. The molecule has 0 saturated heterocycles. The molecular formula is C14H12Cl2. The van der Waals surface area contributed by atoms with Crippen LogP contribution >= 0.6 is 23.2 Å². The molecule has 0 aliphatic carbocycles. The fraction of sp³-hybridized carbons (Fsp3) is 0.143. The van der Waals surface area contributed by atoms with Crippen LogP contribution < -0.4 is 0 Å². The highest BCUT2D eigenvalue weighted by Gasteiger charge is 2.05. The Bertz CT molecular complexity index is 463. The smallest absolute Gasteiger partial charge is 0.0488 e. The molecule has 0 heterocycles. The largest absolute Gasteiger partial charge is 0.121 e. The van der Waals surface area contributed by atoms with Gasteiger partial charge in [0.15, 0.2) is 0 Å². The summed E-state index contributed by atoms with van der Waals surface area (Å²) in [5, 5.41) is 0.793. The van der Waals surface area contributed by atoms with Crippen LogP contribution in [0.15, 0.2) is 48.5 Å². The lowest BCUT2D eigenvalue weighted by molar-refractivity contribution is 1.18. The van der Waals surface area contributed by atoms with Crippen LogP contribution in [0, 0.1) is 0 Å². The average Bonchev–Trinajstić information content (AvgIpc) is 2.33. The molecular weight excluding hydrogens is 239 g/mol. The number of hydrogen-bond acceptors (Lipinski definition) is 0. The Morgan fingerprint density at radius 3 is 2.19 bits per heavy atom. The lowest BCUT2D eigenvalue weighted by Gasteiger charge is -2.07. The molecule has 0 fully saturated rings. The third-order valence-electron chi connectivity index (χ3n) is 2.54. The molecule has 0 aliphatic rings. The van der Waals surface area contributed by atoms with E-state index in [0.29, 0.717) is 5.88 Å². The van der Waals surface area contributed by atoms with E-state index < -0.39 is 0 Å². The van der Waals surface area contributed by atoms with Crippen molar-refractivity contribution in [2.24, 2.45) is 0 Å². The van der Waals surface area contributed by atoms with Gasteiger partial charge in [-0.25, -0.2) is 0 Å². The van der Waals surface area contributed by atoms with E-state index in [9.17, 15) is 0 Å². The Morgan fingerprint density at radius 2 is 1.50 bits per heavy atom. The van der Waals surface area contributed by atoms with E-state index in [0.717, 1.165) is 22.6 Å². The Morgan fingerprint density at radius 1 is 0.812 bits per heavy atom. The molecule has 0 N–H and O–H groups in total. The average molecular weight is 251 g/mol. The van der Waals surface area contributed by atoms with Crippen LogP contribution in [0.2, 0.25) is 5.02 Å². The first-order valence-electron chi connectivity index (χ1n) is 5.17. The van der Waals surface area contributed by atoms with Crippen LogP contribution in [-0.2, 0) is 12.3 Å². The molecule has 0 atom stereocenters. The number of rotatable bonds is 3. The third kappa shape index (κ3) is 2.58. The summed E-state index contributed by atoms with van der Waals surface area (Å²) in [4.78, 5) is 0. The third-order valence-corrected chi connectivity index (χ3v) is 3.31. The highest BCUT2D eigenvalue weighted by molar-refractivity contribution is 6.33. The van der Waals surface area contributed by atoms with Gasteiger partial charge in [-0.2, -0.15) is 0 Å². The molecule has 2 rings (SSSR count). The van der Waals surface area contributed by atoms with Gasteiger partial charge in [0.1, 0.15) is 0 Å². The first kappa shape index (κ1) is 11.5. The monoisotopic (exact) mass is 250 g/mol. The Kier molecular flexibility index (Phi) is 3.87. The summed E-state index contributed by atoms with van der Waals surface area (Å²) in [5.74, 6) is 0.460. The minimum Gasteiger partial charge on any atom is -0.121 e. The van der Waals surface area contributed by atoms with E-state index in [1.165, 1.54) is 5.56 Å². The van der Waals surface area contributed by atoms with Gasteiger partial charge in [0.2, 0.25) is 0 Å². The minimum atomic E-state index is 0.460. The highest BCUT2D eigenvalue weighted by Crippen LogP contribution is 2.24. The molecule has 0 saturated carbocycles. The van der Waals surface area contributed by atoms with Gasteiger partial charge >= 0.3 is 0 Å². The molecule has 0 nitrogen and oxygen atoms in total. The Balaban J connectivity index is 2.28. The minimum absolute atomic E-state index is 0.460. The molecule has 0 unspecified atom stereocenters. The van der Waals surface area contributed by atoms with Crippen molar-refractivity contribution in [3.8, 4) is 0 Å². The molecule has 0 aromatic heterocycles. The van der Waals surface area contributed by atoms with Gasteiger partial charge in [-0.15, -0.1) is 11.6 Å². The second kappa shape index (κ2) is 5.38. The van der Waals surface area contributed by atoms with E-state index in [2.05, 4.69) is 12.1 Å². The summed E-state index contributed by atoms with van der Waals surface area (Å²) in [5.41, 5.74) is 3.39. The maximum Gasteiger partial charge on any atom is 0.0488 e. The van der Waals surface area contributed by atoms with Crippen LogP contribution in [0.5, 0.6) is 0 Å². The van der Waals surface area contributed by atoms with Crippen LogP contribution in [0.1, 0.15) is 16.7 Å². The summed E-state index contributed by atoms with van der Waals surface area (Å²) in [6.07, 6.45) is 0.852. The zero-order valence-corrected chi connectivity index (χ0v) is 10.3. The molecule has 2 heteroatoms. The predicted octanol–water partition coefficient (Wildman–Crippen LogP) is 4.67. The van der Waals surface area contributed by atoms with E-state index >= 15 is 0 Å². The quantitative estimate of drug-likeness (QED) is 0.695. The molecule has 0 spiro atoms. The van der Waals surface area contributed by atoms with Crippen molar-refractivity contribution in [3.05, 3.63) is 70.2 Å². The summed E-state index contributed by atoms with van der Waals surface area (Å²) in [6.45, 7) is 0. The van der Waals surface area contributed by atoms with Gasteiger partial charge in [-0.3, -0.25) is 0 Å². The van der Waals surface area contributed by atoms with E-state index in [4.69, 9.17) is 23.2 Å². The van der Waals surface area contributed by atoms with Crippen molar-refractivity contribution >= 4 is 23.2 Å². The SMILES string of the molecule is ClCc1cccc(Cc2ccccc2)c1Cl. The molecule has 82 valence electrons. The second-order valence-corrected chi connectivity index (χ2v) is 4.33. The summed E-state index contributed by atoms with van der Waals surface area (Å²) < 4.78 is 0. The number of alkyl halides is 1. The van der Waals surface area contributed by atoms with Crippen LogP contribution in [0.25, 0.3) is 0 Å². The van der Waals surface area contributed by atoms with Gasteiger partial charge in [-0.1, -0.05) is 60.1 Å². The summed E-state index contributed by atoms with van der Waals surface area (Å²) in [6, 6.07) is 16.3. The summed E-state index contributed by atoms with van der Waals surface area (Å²) in [7, 11) is 0. The van der Waals surface area contributed by atoms with E-state index in [1.807, 2.05) is 36.4 Å². The number of benzene rings is 2. The van der Waals surface area contributed by atoms with E-state index in [-0.39, 0.29) is 0 Å². The summed E-state index contributed by atoms with van der Waals surface area (Å²) >= 11 is 12.1. The van der Waals surface area contributed by atoms with Crippen molar-refractivity contribution in [3.63, 3.8) is 0 Å². The topological polar surface area (TPSA) is 0 Å². The van der Waals surface area contributed by atoms with Gasteiger partial charge in [0, 0.05) is 10.9 Å². The molecule has 0 radical (unpaired) electrons. The maximum absolute atomic E-state index is 6.27. The number of halogens is 2. The normalized spacial score (nSPS) is 10.4. The molecule has 16 heavy (non-hydrogen) atoms. The second-order valence-electron chi connectivity index (χ2n) is 3.69. The lowest BCUT2D eigenvalue weighted by atomic mass is 10.0. The van der Waals surface area contributed by atoms with Crippen molar-refractivity contribution in [2.75, 3.05) is 0 Å².